The van der Waals surface area contributed by atoms with E-state index in [0.717, 1.165) is 17.7 Å². The monoisotopic (exact) mass is 340 g/mol. The molecule has 6 heteroatoms. The number of rotatable bonds is 8. The molecule has 1 amide bonds. The number of carbonyl (C=O) groups is 1. The summed E-state index contributed by atoms with van der Waals surface area (Å²) in [6.45, 7) is 1.14. The Morgan fingerprint density at radius 3 is 2.44 bits per heavy atom. The highest BCUT2D eigenvalue weighted by Gasteiger charge is 2.01. The predicted molar refractivity (Wildman–Crippen MR) is 99.5 cm³/mol. The Hall–Kier alpha value is -3.02. The quantitative estimate of drug-likeness (QED) is 0.501. The Kier molecular flexibility index (Phi) is 7.31. The van der Waals surface area contributed by atoms with Gasteiger partial charge in [0, 0.05) is 13.1 Å². The van der Waals surface area contributed by atoms with Gasteiger partial charge in [0.25, 0.3) is 0 Å². The third-order valence-corrected chi connectivity index (χ3v) is 3.60. The van der Waals surface area contributed by atoms with Gasteiger partial charge in [-0.2, -0.15) is 0 Å². The van der Waals surface area contributed by atoms with E-state index in [-0.39, 0.29) is 18.4 Å². The van der Waals surface area contributed by atoms with Gasteiger partial charge < -0.3 is 21.1 Å². The van der Waals surface area contributed by atoms with Crippen molar-refractivity contribution in [2.75, 3.05) is 20.2 Å². The van der Waals surface area contributed by atoms with Gasteiger partial charge in [-0.3, -0.25) is 4.79 Å². The maximum atomic E-state index is 11.8. The zero-order chi connectivity index (χ0) is 17.9. The molecule has 0 saturated carbocycles. The van der Waals surface area contributed by atoms with E-state index in [0.29, 0.717) is 13.1 Å². The van der Waals surface area contributed by atoms with Crippen molar-refractivity contribution in [1.82, 2.24) is 10.6 Å². The lowest BCUT2D eigenvalue weighted by molar-refractivity contribution is -0.119. The average Bonchev–Trinajstić information content (AvgIpc) is 2.66. The Morgan fingerprint density at radius 1 is 1.04 bits per heavy atom. The van der Waals surface area contributed by atoms with Crippen LogP contribution in [0.2, 0.25) is 0 Å². The van der Waals surface area contributed by atoms with Gasteiger partial charge in [0.2, 0.25) is 5.91 Å². The van der Waals surface area contributed by atoms with Crippen LogP contribution in [0.15, 0.2) is 59.6 Å². The predicted octanol–water partition coefficient (Wildman–Crippen LogP) is 1.46. The summed E-state index contributed by atoms with van der Waals surface area (Å²) in [4.78, 5) is 15.8. The van der Waals surface area contributed by atoms with Gasteiger partial charge in [-0.15, -0.1) is 0 Å². The normalized spacial score (nSPS) is 11.0. The molecule has 0 atom stereocenters. The molecule has 2 rings (SSSR count). The lowest BCUT2D eigenvalue weighted by atomic mass is 10.1. The summed E-state index contributed by atoms with van der Waals surface area (Å²) < 4.78 is 5.12. The number of hydrogen-bond acceptors (Lipinski definition) is 3. The maximum Gasteiger partial charge on any atom is 0.242 e. The van der Waals surface area contributed by atoms with Gasteiger partial charge >= 0.3 is 0 Å². The second-order valence-corrected chi connectivity index (χ2v) is 5.49. The van der Waals surface area contributed by atoms with Gasteiger partial charge in [-0.1, -0.05) is 42.5 Å². The molecule has 0 aliphatic heterocycles. The van der Waals surface area contributed by atoms with Crippen LogP contribution in [0.4, 0.5) is 0 Å². The Labute approximate surface area is 148 Å². The topological polar surface area (TPSA) is 88.7 Å². The molecule has 0 unspecified atom stereocenters. The molecule has 6 nitrogen and oxygen atoms in total. The van der Waals surface area contributed by atoms with E-state index < -0.39 is 0 Å². The van der Waals surface area contributed by atoms with E-state index >= 15 is 0 Å². The van der Waals surface area contributed by atoms with Crippen LogP contribution in [-0.4, -0.2) is 32.1 Å². The van der Waals surface area contributed by atoms with Crippen molar-refractivity contribution < 1.29 is 9.53 Å². The number of aliphatic imine (C=N–C) groups is 1. The highest BCUT2D eigenvalue weighted by Crippen LogP contribution is 2.11. The van der Waals surface area contributed by atoms with Gasteiger partial charge in [0.1, 0.15) is 12.3 Å². The fourth-order valence-corrected chi connectivity index (χ4v) is 2.19. The van der Waals surface area contributed by atoms with Crippen LogP contribution in [0.3, 0.4) is 0 Å². The first-order valence-electron chi connectivity index (χ1n) is 8.14. The molecule has 0 bridgehead atoms. The zero-order valence-electron chi connectivity index (χ0n) is 14.4. The van der Waals surface area contributed by atoms with Crippen LogP contribution in [0, 0.1) is 0 Å². The zero-order valence-corrected chi connectivity index (χ0v) is 14.4. The number of benzene rings is 2. The van der Waals surface area contributed by atoms with Crippen LogP contribution in [-0.2, 0) is 17.8 Å². The van der Waals surface area contributed by atoms with Crippen molar-refractivity contribution in [3.63, 3.8) is 0 Å². The summed E-state index contributed by atoms with van der Waals surface area (Å²) in [7, 11) is 1.64. The fraction of sp³-hybridized carbons (Fsp3) is 0.263. The summed E-state index contributed by atoms with van der Waals surface area (Å²) in [6.07, 6.45) is 0.806. The van der Waals surface area contributed by atoms with Crippen molar-refractivity contribution in [2.24, 2.45) is 10.7 Å². The standard InChI is InChI=1S/C19H24N4O2/c1-25-17-9-7-15(8-10-17)11-12-21-19(20)23-14-18(24)22-13-16-5-3-2-4-6-16/h2-10H,11-14H2,1H3,(H,22,24)(H3,20,21,23). The molecular formula is C19H24N4O2. The molecule has 0 aliphatic rings. The van der Waals surface area contributed by atoms with E-state index in [1.54, 1.807) is 7.11 Å². The number of ether oxygens (including phenoxy) is 1. The average molecular weight is 340 g/mol. The van der Waals surface area contributed by atoms with Crippen molar-refractivity contribution in [2.45, 2.75) is 13.0 Å². The first-order valence-corrected chi connectivity index (χ1v) is 8.14. The molecule has 0 saturated heterocycles. The minimum Gasteiger partial charge on any atom is -0.497 e. The molecule has 0 aliphatic carbocycles. The number of guanidine groups is 1. The van der Waals surface area contributed by atoms with Gasteiger partial charge in [-0.05, 0) is 29.7 Å². The number of carbonyl (C=O) groups excluding carboxylic acids is 1. The van der Waals surface area contributed by atoms with Gasteiger partial charge in [0.15, 0.2) is 5.96 Å². The Balaban J connectivity index is 1.65. The van der Waals surface area contributed by atoms with Crippen LogP contribution < -0.4 is 21.1 Å². The van der Waals surface area contributed by atoms with Crippen molar-refractivity contribution in [3.8, 4) is 5.75 Å². The molecule has 2 aromatic carbocycles. The molecule has 0 heterocycles. The number of methoxy groups -OCH3 is 1. The highest BCUT2D eigenvalue weighted by molar-refractivity contribution is 5.83. The first kappa shape index (κ1) is 18.3. The molecule has 2 aromatic rings. The molecule has 0 spiro atoms. The van der Waals surface area contributed by atoms with Crippen molar-refractivity contribution in [3.05, 3.63) is 65.7 Å². The number of nitrogens with zero attached hydrogens (tertiary/aromatic N) is 1. The first-order chi connectivity index (χ1) is 12.2. The second-order valence-electron chi connectivity index (χ2n) is 5.49. The second kappa shape index (κ2) is 9.97. The van der Waals surface area contributed by atoms with Gasteiger partial charge in [0.05, 0.1) is 7.11 Å². The van der Waals surface area contributed by atoms with E-state index in [1.807, 2.05) is 54.6 Å². The molecule has 132 valence electrons. The van der Waals surface area contributed by atoms with Crippen molar-refractivity contribution in [1.29, 1.82) is 0 Å². The summed E-state index contributed by atoms with van der Waals surface area (Å²) >= 11 is 0. The van der Waals surface area contributed by atoms with E-state index in [4.69, 9.17) is 10.5 Å². The summed E-state index contributed by atoms with van der Waals surface area (Å²) in [6, 6.07) is 17.6. The summed E-state index contributed by atoms with van der Waals surface area (Å²) in [5.41, 5.74) is 7.99. The number of hydrogen-bond donors (Lipinski definition) is 3. The lowest BCUT2D eigenvalue weighted by Crippen LogP contribution is -2.35. The van der Waals surface area contributed by atoms with Crippen LogP contribution >= 0.6 is 0 Å². The van der Waals surface area contributed by atoms with Crippen molar-refractivity contribution >= 4 is 11.9 Å². The van der Waals surface area contributed by atoms with Crippen LogP contribution in [0.1, 0.15) is 11.1 Å². The summed E-state index contributed by atoms with van der Waals surface area (Å²) in [5, 5.41) is 5.81. The smallest absolute Gasteiger partial charge is 0.242 e. The molecule has 0 aromatic heterocycles. The molecule has 4 N–H and O–H groups in total. The number of nitrogens with one attached hydrogen (secondary N) is 2. The van der Waals surface area contributed by atoms with Crippen LogP contribution in [0.25, 0.3) is 0 Å². The Morgan fingerprint density at radius 2 is 1.76 bits per heavy atom. The Bertz CT molecular complexity index is 684. The fourth-order valence-electron chi connectivity index (χ4n) is 2.19. The van der Waals surface area contributed by atoms with E-state index in [1.165, 1.54) is 5.56 Å². The van der Waals surface area contributed by atoms with E-state index in [2.05, 4.69) is 15.6 Å². The number of nitrogens with two attached hydrogens (primary N) is 1. The molecular weight excluding hydrogens is 316 g/mol. The minimum atomic E-state index is -0.163. The minimum absolute atomic E-state index is 0.00814. The number of amides is 1. The van der Waals surface area contributed by atoms with E-state index in [9.17, 15) is 4.79 Å². The maximum absolute atomic E-state index is 11.8. The lowest BCUT2D eigenvalue weighted by Gasteiger charge is -2.07. The third kappa shape index (κ3) is 6.95. The third-order valence-electron chi connectivity index (χ3n) is 3.60. The summed E-state index contributed by atoms with van der Waals surface area (Å²) in [5.74, 6) is 0.937. The molecule has 25 heavy (non-hydrogen) atoms. The molecule has 0 radical (unpaired) electrons. The highest BCUT2D eigenvalue weighted by atomic mass is 16.5. The largest absolute Gasteiger partial charge is 0.497 e. The SMILES string of the molecule is COc1ccc(CCNC(N)=NCC(=O)NCc2ccccc2)cc1. The van der Waals surface area contributed by atoms with Gasteiger partial charge in [-0.25, -0.2) is 4.99 Å². The molecule has 0 fully saturated rings. The van der Waals surface area contributed by atoms with Crippen LogP contribution in [0.5, 0.6) is 5.75 Å².